The first-order valence-electron chi connectivity index (χ1n) is 6.34. The topological polar surface area (TPSA) is 29.5 Å². The van der Waals surface area contributed by atoms with Crippen molar-refractivity contribution >= 4 is 23.1 Å². The Balaban J connectivity index is 1.86. The molecule has 2 saturated heterocycles. The molecular weight excluding hydrogens is 250 g/mol. The summed E-state index contributed by atoms with van der Waals surface area (Å²) in [5.74, 6) is 0.0468. The minimum absolute atomic E-state index is 0.0468. The third-order valence-electron chi connectivity index (χ3n) is 3.74. The number of benzene rings is 1. The summed E-state index contributed by atoms with van der Waals surface area (Å²) in [6, 6.07) is 5.56. The number of nitrogens with zero attached hydrogens (tertiary/aromatic N) is 1. The molecular formula is C14H16ClNO2. The maximum absolute atomic E-state index is 11.3. The van der Waals surface area contributed by atoms with Gasteiger partial charge in [-0.05, 0) is 38.0 Å². The highest BCUT2D eigenvalue weighted by Gasteiger charge is 2.34. The van der Waals surface area contributed by atoms with Crippen LogP contribution in [-0.4, -0.2) is 31.1 Å². The zero-order valence-corrected chi connectivity index (χ0v) is 11.1. The van der Waals surface area contributed by atoms with Crippen LogP contribution in [0.5, 0.6) is 0 Å². The van der Waals surface area contributed by atoms with Crippen LogP contribution < -0.4 is 4.90 Å². The van der Waals surface area contributed by atoms with Crippen LogP contribution in [-0.2, 0) is 4.74 Å². The van der Waals surface area contributed by atoms with Crippen molar-refractivity contribution in [2.24, 2.45) is 0 Å². The van der Waals surface area contributed by atoms with E-state index in [-0.39, 0.29) is 5.78 Å². The number of ketones is 1. The van der Waals surface area contributed by atoms with Gasteiger partial charge in [-0.1, -0.05) is 11.6 Å². The van der Waals surface area contributed by atoms with Crippen molar-refractivity contribution in [3.63, 3.8) is 0 Å². The maximum atomic E-state index is 11.3. The number of hydrogen-bond acceptors (Lipinski definition) is 3. The number of rotatable bonds is 2. The molecule has 0 aliphatic carbocycles. The van der Waals surface area contributed by atoms with E-state index in [0.717, 1.165) is 31.6 Å². The minimum Gasteiger partial charge on any atom is -0.371 e. The third-order valence-corrected chi connectivity index (χ3v) is 4.04. The van der Waals surface area contributed by atoms with Crippen LogP contribution >= 0.6 is 11.6 Å². The van der Waals surface area contributed by atoms with E-state index < -0.39 is 0 Å². The summed E-state index contributed by atoms with van der Waals surface area (Å²) in [5.41, 5.74) is 1.68. The van der Waals surface area contributed by atoms with Crippen LogP contribution in [0.25, 0.3) is 0 Å². The Bertz CT molecular complexity index is 477. The second-order valence-corrected chi connectivity index (χ2v) is 5.49. The predicted octanol–water partition coefficient (Wildman–Crippen LogP) is 2.91. The smallest absolute Gasteiger partial charge is 0.159 e. The second-order valence-electron chi connectivity index (χ2n) is 5.08. The van der Waals surface area contributed by atoms with Crippen molar-refractivity contribution in [1.29, 1.82) is 0 Å². The molecule has 18 heavy (non-hydrogen) atoms. The number of carbonyl (C=O) groups excluding carboxylic acids is 1. The van der Waals surface area contributed by atoms with Gasteiger partial charge >= 0.3 is 0 Å². The molecule has 1 aromatic rings. The number of fused-ring (bicyclic) bond motifs is 2. The van der Waals surface area contributed by atoms with E-state index in [1.165, 1.54) is 0 Å². The minimum atomic E-state index is 0.0468. The number of Topliss-reactive ketones (excluding diaryl/α,β-unsaturated/α-hetero) is 1. The number of ether oxygens (including phenoxy) is 1. The molecule has 4 heteroatoms. The zero-order chi connectivity index (χ0) is 12.7. The SMILES string of the molecule is CC(=O)c1ccc(N2CC3CCC(C2)O3)c(Cl)c1. The van der Waals surface area contributed by atoms with Gasteiger partial charge in [-0.3, -0.25) is 4.79 Å². The van der Waals surface area contributed by atoms with Crippen molar-refractivity contribution in [2.45, 2.75) is 32.0 Å². The van der Waals surface area contributed by atoms with Gasteiger partial charge in [-0.25, -0.2) is 0 Å². The molecule has 0 amide bonds. The van der Waals surface area contributed by atoms with Crippen molar-refractivity contribution < 1.29 is 9.53 Å². The van der Waals surface area contributed by atoms with E-state index >= 15 is 0 Å². The second kappa shape index (κ2) is 4.56. The van der Waals surface area contributed by atoms with Gasteiger partial charge in [0.15, 0.2) is 5.78 Å². The van der Waals surface area contributed by atoms with E-state index in [9.17, 15) is 4.79 Å². The summed E-state index contributed by atoms with van der Waals surface area (Å²) in [6.07, 6.45) is 2.97. The molecule has 0 spiro atoms. The molecule has 2 heterocycles. The summed E-state index contributed by atoms with van der Waals surface area (Å²) in [6.45, 7) is 3.35. The van der Waals surface area contributed by atoms with Gasteiger partial charge in [0.25, 0.3) is 0 Å². The molecule has 2 unspecified atom stereocenters. The van der Waals surface area contributed by atoms with E-state index in [0.29, 0.717) is 22.8 Å². The van der Waals surface area contributed by atoms with Crippen LogP contribution in [0.2, 0.25) is 5.02 Å². The van der Waals surface area contributed by atoms with E-state index in [4.69, 9.17) is 16.3 Å². The van der Waals surface area contributed by atoms with Crippen LogP contribution in [0.3, 0.4) is 0 Å². The number of hydrogen-bond donors (Lipinski definition) is 0. The standard InChI is InChI=1S/C14H16ClNO2/c1-9(17)10-2-5-14(13(15)6-10)16-7-11-3-4-12(8-16)18-11/h2,5-6,11-12H,3-4,7-8H2,1H3. The highest BCUT2D eigenvalue weighted by Crippen LogP contribution is 2.33. The van der Waals surface area contributed by atoms with Crippen molar-refractivity contribution in [3.05, 3.63) is 28.8 Å². The molecule has 96 valence electrons. The fourth-order valence-corrected chi connectivity index (χ4v) is 3.09. The number of halogens is 1. The van der Waals surface area contributed by atoms with Crippen LogP contribution in [0, 0.1) is 0 Å². The average molecular weight is 266 g/mol. The van der Waals surface area contributed by atoms with Gasteiger partial charge in [0.2, 0.25) is 0 Å². The van der Waals surface area contributed by atoms with Crippen LogP contribution in [0.4, 0.5) is 5.69 Å². The molecule has 2 aliphatic heterocycles. The molecule has 3 nitrogen and oxygen atoms in total. The first-order chi connectivity index (χ1) is 8.63. The van der Waals surface area contributed by atoms with Gasteiger partial charge in [0, 0.05) is 18.7 Å². The monoisotopic (exact) mass is 265 g/mol. The molecule has 2 bridgehead atoms. The number of anilines is 1. The average Bonchev–Trinajstić information content (AvgIpc) is 2.68. The zero-order valence-electron chi connectivity index (χ0n) is 10.4. The molecule has 0 saturated carbocycles. The van der Waals surface area contributed by atoms with Crippen molar-refractivity contribution in [1.82, 2.24) is 0 Å². The lowest BCUT2D eigenvalue weighted by molar-refractivity contribution is 0.0305. The van der Waals surface area contributed by atoms with Gasteiger partial charge in [-0.15, -0.1) is 0 Å². The van der Waals surface area contributed by atoms with Gasteiger partial charge < -0.3 is 9.64 Å². The van der Waals surface area contributed by atoms with Crippen LogP contribution in [0.1, 0.15) is 30.1 Å². The summed E-state index contributed by atoms with van der Waals surface area (Å²) in [4.78, 5) is 13.6. The molecule has 2 atom stereocenters. The predicted molar refractivity (Wildman–Crippen MR) is 71.6 cm³/mol. The third kappa shape index (κ3) is 2.13. The van der Waals surface area contributed by atoms with Gasteiger partial charge in [0.05, 0.1) is 22.9 Å². The molecule has 1 aromatic carbocycles. The van der Waals surface area contributed by atoms with Crippen molar-refractivity contribution in [2.75, 3.05) is 18.0 Å². The Labute approximate surface area is 112 Å². The lowest BCUT2D eigenvalue weighted by Crippen LogP contribution is -2.42. The Hall–Kier alpha value is -1.06. The number of morpholine rings is 1. The Morgan fingerprint density at radius 3 is 2.56 bits per heavy atom. The van der Waals surface area contributed by atoms with Crippen LogP contribution in [0.15, 0.2) is 18.2 Å². The summed E-state index contributed by atoms with van der Waals surface area (Å²) >= 11 is 6.29. The molecule has 0 aromatic heterocycles. The fourth-order valence-electron chi connectivity index (χ4n) is 2.79. The fraction of sp³-hybridized carbons (Fsp3) is 0.500. The summed E-state index contributed by atoms with van der Waals surface area (Å²) in [7, 11) is 0. The first-order valence-corrected chi connectivity index (χ1v) is 6.72. The number of carbonyl (C=O) groups is 1. The lowest BCUT2D eigenvalue weighted by atomic mass is 10.1. The van der Waals surface area contributed by atoms with E-state index in [1.807, 2.05) is 12.1 Å². The highest BCUT2D eigenvalue weighted by atomic mass is 35.5. The highest BCUT2D eigenvalue weighted by molar-refractivity contribution is 6.33. The quantitative estimate of drug-likeness (QED) is 0.770. The maximum Gasteiger partial charge on any atom is 0.159 e. The Morgan fingerprint density at radius 2 is 2.00 bits per heavy atom. The molecule has 0 N–H and O–H groups in total. The molecule has 2 aliphatic rings. The Kier molecular flexibility index (Phi) is 3.04. The summed E-state index contributed by atoms with van der Waals surface area (Å²) < 4.78 is 5.81. The van der Waals surface area contributed by atoms with Gasteiger partial charge in [0.1, 0.15) is 0 Å². The summed E-state index contributed by atoms with van der Waals surface area (Å²) in [5, 5.41) is 0.656. The molecule has 3 rings (SSSR count). The van der Waals surface area contributed by atoms with E-state index in [2.05, 4.69) is 4.90 Å². The molecule has 0 radical (unpaired) electrons. The van der Waals surface area contributed by atoms with Crippen molar-refractivity contribution in [3.8, 4) is 0 Å². The van der Waals surface area contributed by atoms with E-state index in [1.54, 1.807) is 13.0 Å². The lowest BCUT2D eigenvalue weighted by Gasteiger charge is -2.34. The normalized spacial score (nSPS) is 26.4. The Morgan fingerprint density at radius 1 is 1.33 bits per heavy atom. The molecule has 2 fully saturated rings. The first kappa shape index (κ1) is 12.0. The largest absolute Gasteiger partial charge is 0.371 e. The van der Waals surface area contributed by atoms with Gasteiger partial charge in [-0.2, -0.15) is 0 Å².